The van der Waals surface area contributed by atoms with Gasteiger partial charge >= 0.3 is 0 Å². The number of methoxy groups -OCH3 is 2. The molecule has 0 aliphatic carbocycles. The summed E-state index contributed by atoms with van der Waals surface area (Å²) in [6.45, 7) is 1.73. The predicted molar refractivity (Wildman–Crippen MR) is 82.1 cm³/mol. The number of ether oxygens (including phenoxy) is 2. The van der Waals surface area contributed by atoms with Crippen LogP contribution in [-0.4, -0.2) is 51.2 Å². The van der Waals surface area contributed by atoms with E-state index in [0.717, 1.165) is 13.0 Å². The number of hydrogen-bond acceptors (Lipinski definition) is 4. The maximum absolute atomic E-state index is 12.7. The van der Waals surface area contributed by atoms with Gasteiger partial charge in [-0.15, -0.1) is 0 Å². The molecule has 1 heterocycles. The van der Waals surface area contributed by atoms with Gasteiger partial charge in [0.15, 0.2) is 0 Å². The highest BCUT2D eigenvalue weighted by Crippen LogP contribution is 2.29. The van der Waals surface area contributed by atoms with Crippen molar-refractivity contribution in [3.05, 3.63) is 23.8 Å². The zero-order chi connectivity index (χ0) is 15.2. The molecule has 0 bridgehead atoms. The Morgan fingerprint density at radius 3 is 2.48 bits per heavy atom. The highest BCUT2D eigenvalue weighted by molar-refractivity contribution is 5.99. The van der Waals surface area contributed by atoms with E-state index in [2.05, 4.69) is 5.32 Å². The van der Waals surface area contributed by atoms with Crippen molar-refractivity contribution in [3.8, 4) is 11.5 Å². The number of likely N-dealkylation sites (N-methyl/N-ethyl adjacent to an activating group) is 1. The lowest BCUT2D eigenvalue weighted by Gasteiger charge is -2.28. The molecule has 0 radical (unpaired) electrons. The maximum atomic E-state index is 12.7. The Morgan fingerprint density at radius 1 is 1.29 bits per heavy atom. The molecular formula is C16H24N2O3. The molecule has 5 heteroatoms. The number of hydrogen-bond donors (Lipinski definition) is 1. The summed E-state index contributed by atoms with van der Waals surface area (Å²) in [6, 6.07) is 5.75. The number of rotatable bonds is 5. The molecule has 0 saturated carbocycles. The molecule has 5 nitrogen and oxygen atoms in total. The van der Waals surface area contributed by atoms with Crippen molar-refractivity contribution in [1.82, 2.24) is 10.2 Å². The fourth-order valence-corrected chi connectivity index (χ4v) is 2.75. The van der Waals surface area contributed by atoms with Crippen LogP contribution in [0.25, 0.3) is 0 Å². The zero-order valence-corrected chi connectivity index (χ0v) is 13.0. The van der Waals surface area contributed by atoms with Gasteiger partial charge in [0.05, 0.1) is 14.2 Å². The van der Waals surface area contributed by atoms with Crippen LogP contribution in [0.5, 0.6) is 11.5 Å². The lowest BCUT2D eigenvalue weighted by molar-refractivity contribution is 0.0768. The van der Waals surface area contributed by atoms with E-state index in [4.69, 9.17) is 9.47 Å². The highest BCUT2D eigenvalue weighted by Gasteiger charge is 2.24. The van der Waals surface area contributed by atoms with E-state index < -0.39 is 0 Å². The summed E-state index contributed by atoms with van der Waals surface area (Å²) in [5, 5.41) is 3.46. The van der Waals surface area contributed by atoms with Crippen LogP contribution in [0.3, 0.4) is 0 Å². The number of benzene rings is 1. The molecule has 1 aliphatic rings. The summed E-state index contributed by atoms with van der Waals surface area (Å²) in [6.07, 6.45) is 3.55. The minimum absolute atomic E-state index is 0.0725. The molecule has 1 aromatic rings. The van der Waals surface area contributed by atoms with E-state index in [0.29, 0.717) is 29.6 Å². The van der Waals surface area contributed by atoms with Crippen molar-refractivity contribution < 1.29 is 14.3 Å². The minimum atomic E-state index is -0.0725. The Hall–Kier alpha value is -1.75. The summed E-state index contributed by atoms with van der Waals surface area (Å²) in [5.41, 5.74) is 0.487. The van der Waals surface area contributed by atoms with Crippen molar-refractivity contribution >= 4 is 5.91 Å². The van der Waals surface area contributed by atoms with Gasteiger partial charge in [-0.1, -0.05) is 12.5 Å². The minimum Gasteiger partial charge on any atom is -0.496 e. The second-order valence-corrected chi connectivity index (χ2v) is 5.37. The summed E-state index contributed by atoms with van der Waals surface area (Å²) in [5.74, 6) is 1.02. The van der Waals surface area contributed by atoms with Crippen LogP contribution in [-0.2, 0) is 0 Å². The van der Waals surface area contributed by atoms with Crippen LogP contribution in [0.4, 0.5) is 0 Å². The van der Waals surface area contributed by atoms with Crippen molar-refractivity contribution in [3.63, 3.8) is 0 Å². The Kier molecular flexibility index (Phi) is 5.44. The van der Waals surface area contributed by atoms with Gasteiger partial charge in [0.2, 0.25) is 0 Å². The highest BCUT2D eigenvalue weighted by atomic mass is 16.5. The van der Waals surface area contributed by atoms with Gasteiger partial charge in [0.1, 0.15) is 17.1 Å². The van der Waals surface area contributed by atoms with Crippen LogP contribution in [0.1, 0.15) is 29.6 Å². The SMILES string of the molecule is COc1cccc(OC)c1C(=O)N(C)CC1CCCCN1. The fraction of sp³-hybridized carbons (Fsp3) is 0.562. The van der Waals surface area contributed by atoms with Crippen LogP contribution >= 0.6 is 0 Å². The second kappa shape index (κ2) is 7.31. The van der Waals surface area contributed by atoms with Gasteiger partial charge in [0.25, 0.3) is 5.91 Å². The van der Waals surface area contributed by atoms with Crippen LogP contribution < -0.4 is 14.8 Å². The van der Waals surface area contributed by atoms with Crippen LogP contribution in [0, 0.1) is 0 Å². The number of carbonyl (C=O) groups is 1. The summed E-state index contributed by atoms with van der Waals surface area (Å²) < 4.78 is 10.6. The third-order valence-electron chi connectivity index (χ3n) is 3.90. The first-order valence-corrected chi connectivity index (χ1v) is 7.37. The molecule has 1 aliphatic heterocycles. The number of nitrogens with zero attached hydrogens (tertiary/aromatic N) is 1. The quantitative estimate of drug-likeness (QED) is 0.901. The Morgan fingerprint density at radius 2 is 1.95 bits per heavy atom. The van der Waals surface area contributed by atoms with E-state index in [1.807, 2.05) is 13.1 Å². The lowest BCUT2D eigenvalue weighted by atomic mass is 10.0. The van der Waals surface area contributed by atoms with Crippen LogP contribution in [0.2, 0.25) is 0 Å². The number of nitrogens with one attached hydrogen (secondary N) is 1. The Bertz CT molecular complexity index is 462. The first-order valence-electron chi connectivity index (χ1n) is 7.37. The van der Waals surface area contributed by atoms with E-state index in [9.17, 15) is 4.79 Å². The molecule has 1 unspecified atom stereocenters. The molecule has 21 heavy (non-hydrogen) atoms. The summed E-state index contributed by atoms with van der Waals surface area (Å²) in [7, 11) is 4.95. The first-order chi connectivity index (χ1) is 10.2. The zero-order valence-electron chi connectivity index (χ0n) is 13.0. The Labute approximate surface area is 126 Å². The van der Waals surface area contributed by atoms with Gasteiger partial charge in [0, 0.05) is 19.6 Å². The molecule has 1 N–H and O–H groups in total. The smallest absolute Gasteiger partial charge is 0.261 e. The standard InChI is InChI=1S/C16H24N2O3/c1-18(11-12-7-4-5-10-17-12)16(19)15-13(20-2)8-6-9-14(15)21-3/h6,8-9,12,17H,4-5,7,10-11H2,1-3H3. The number of piperidine rings is 1. The molecule has 0 aromatic heterocycles. The molecule has 1 atom stereocenters. The van der Waals surface area contributed by atoms with E-state index in [-0.39, 0.29) is 5.91 Å². The van der Waals surface area contributed by atoms with Gasteiger partial charge in [-0.2, -0.15) is 0 Å². The molecular weight excluding hydrogens is 268 g/mol. The molecule has 1 aromatic carbocycles. The van der Waals surface area contributed by atoms with Crippen molar-refractivity contribution in [2.45, 2.75) is 25.3 Å². The van der Waals surface area contributed by atoms with Crippen molar-refractivity contribution in [2.75, 3.05) is 34.4 Å². The van der Waals surface area contributed by atoms with Gasteiger partial charge < -0.3 is 19.7 Å². The van der Waals surface area contributed by atoms with Crippen LogP contribution in [0.15, 0.2) is 18.2 Å². The van der Waals surface area contributed by atoms with Gasteiger partial charge in [-0.25, -0.2) is 0 Å². The molecule has 1 amide bonds. The Balaban J connectivity index is 2.14. The number of amides is 1. The average molecular weight is 292 g/mol. The fourth-order valence-electron chi connectivity index (χ4n) is 2.75. The monoisotopic (exact) mass is 292 g/mol. The molecule has 116 valence electrons. The molecule has 2 rings (SSSR count). The van der Waals surface area contributed by atoms with Gasteiger partial charge in [-0.05, 0) is 31.5 Å². The lowest BCUT2D eigenvalue weighted by Crippen LogP contribution is -2.44. The second-order valence-electron chi connectivity index (χ2n) is 5.37. The van der Waals surface area contributed by atoms with Gasteiger partial charge in [-0.3, -0.25) is 4.79 Å². The van der Waals surface area contributed by atoms with Crippen molar-refractivity contribution in [1.29, 1.82) is 0 Å². The summed E-state index contributed by atoms with van der Waals surface area (Å²) >= 11 is 0. The van der Waals surface area contributed by atoms with E-state index in [1.54, 1.807) is 31.3 Å². The van der Waals surface area contributed by atoms with E-state index in [1.165, 1.54) is 12.8 Å². The van der Waals surface area contributed by atoms with E-state index >= 15 is 0 Å². The van der Waals surface area contributed by atoms with Crippen molar-refractivity contribution in [2.24, 2.45) is 0 Å². The molecule has 1 saturated heterocycles. The normalized spacial score (nSPS) is 18.1. The maximum Gasteiger partial charge on any atom is 0.261 e. The third-order valence-corrected chi connectivity index (χ3v) is 3.90. The average Bonchev–Trinajstić information content (AvgIpc) is 2.54. The molecule has 0 spiro atoms. The summed E-state index contributed by atoms with van der Waals surface area (Å²) in [4.78, 5) is 14.5. The largest absolute Gasteiger partial charge is 0.496 e. The number of carbonyl (C=O) groups excluding carboxylic acids is 1. The topological polar surface area (TPSA) is 50.8 Å². The third kappa shape index (κ3) is 3.67. The predicted octanol–water partition coefficient (Wildman–Crippen LogP) is 1.92. The molecule has 1 fully saturated rings. The first kappa shape index (κ1) is 15.6.